The Morgan fingerprint density at radius 2 is 2.12 bits per heavy atom. The van der Waals surface area contributed by atoms with E-state index < -0.39 is 0 Å². The van der Waals surface area contributed by atoms with Gasteiger partial charge in [0.1, 0.15) is 0 Å². The average Bonchev–Trinajstić information content (AvgIpc) is 2.77. The Bertz CT molecular complexity index is 492. The first-order valence-electron chi connectivity index (χ1n) is 5.76. The number of hydrogen-bond acceptors (Lipinski definition) is 2. The quantitative estimate of drug-likeness (QED) is 0.870. The molecule has 0 bridgehead atoms. The summed E-state index contributed by atoms with van der Waals surface area (Å²) >= 11 is 7.63. The third-order valence-electron chi connectivity index (χ3n) is 2.86. The Kier molecular flexibility index (Phi) is 4.21. The zero-order valence-electron chi connectivity index (χ0n) is 10.0. The molecule has 1 unspecified atom stereocenters. The standard InChI is InChI=1S/C14H16ClNS/c1-3-10-5-4-6-11(9-10)14(16-2)12-7-8-13(15)17-12/h4-9,14,16H,3H2,1-2H3. The number of thiophene rings is 1. The molecule has 1 heterocycles. The van der Waals surface area contributed by atoms with Gasteiger partial charge >= 0.3 is 0 Å². The van der Waals surface area contributed by atoms with E-state index in [0.29, 0.717) is 0 Å². The number of hydrogen-bond donors (Lipinski definition) is 1. The largest absolute Gasteiger partial charge is 0.309 e. The molecule has 0 spiro atoms. The molecule has 2 aromatic rings. The molecule has 1 N–H and O–H groups in total. The van der Waals surface area contributed by atoms with Gasteiger partial charge in [0.2, 0.25) is 0 Å². The Hall–Kier alpha value is -0.830. The SMILES string of the molecule is CCc1cccc(C(NC)c2ccc(Cl)s2)c1. The molecule has 0 aliphatic carbocycles. The molecule has 1 aromatic carbocycles. The maximum atomic E-state index is 6.00. The zero-order chi connectivity index (χ0) is 12.3. The van der Waals surface area contributed by atoms with E-state index in [0.717, 1.165) is 10.8 Å². The van der Waals surface area contributed by atoms with Crippen LogP contribution in [0.25, 0.3) is 0 Å². The summed E-state index contributed by atoms with van der Waals surface area (Å²) in [5.41, 5.74) is 2.66. The van der Waals surface area contributed by atoms with Gasteiger partial charge in [-0.25, -0.2) is 0 Å². The first-order valence-corrected chi connectivity index (χ1v) is 6.95. The second-order valence-electron chi connectivity index (χ2n) is 3.96. The smallest absolute Gasteiger partial charge is 0.0931 e. The van der Waals surface area contributed by atoms with Gasteiger partial charge in [-0.2, -0.15) is 0 Å². The fourth-order valence-corrected chi connectivity index (χ4v) is 3.15. The molecule has 90 valence electrons. The Morgan fingerprint density at radius 3 is 2.71 bits per heavy atom. The third kappa shape index (κ3) is 2.89. The third-order valence-corrected chi connectivity index (χ3v) is 4.16. The van der Waals surface area contributed by atoms with Crippen molar-refractivity contribution in [2.45, 2.75) is 19.4 Å². The highest BCUT2D eigenvalue weighted by atomic mass is 35.5. The molecule has 17 heavy (non-hydrogen) atoms. The van der Waals surface area contributed by atoms with Gasteiger partial charge in [0.25, 0.3) is 0 Å². The molecular formula is C14H16ClNS. The van der Waals surface area contributed by atoms with Crippen molar-refractivity contribution in [2.24, 2.45) is 0 Å². The Morgan fingerprint density at radius 1 is 1.29 bits per heavy atom. The van der Waals surface area contributed by atoms with E-state index in [1.807, 2.05) is 13.1 Å². The molecule has 3 heteroatoms. The number of nitrogens with one attached hydrogen (secondary N) is 1. The van der Waals surface area contributed by atoms with Crippen molar-refractivity contribution in [1.82, 2.24) is 5.32 Å². The van der Waals surface area contributed by atoms with E-state index in [4.69, 9.17) is 11.6 Å². The van der Waals surface area contributed by atoms with E-state index in [-0.39, 0.29) is 6.04 Å². The van der Waals surface area contributed by atoms with Crippen molar-refractivity contribution in [3.8, 4) is 0 Å². The van der Waals surface area contributed by atoms with Crippen LogP contribution in [0.15, 0.2) is 36.4 Å². The van der Waals surface area contributed by atoms with Crippen LogP contribution in [0.5, 0.6) is 0 Å². The van der Waals surface area contributed by atoms with E-state index in [2.05, 4.69) is 42.6 Å². The van der Waals surface area contributed by atoms with Crippen LogP contribution in [0.2, 0.25) is 4.34 Å². The summed E-state index contributed by atoms with van der Waals surface area (Å²) < 4.78 is 0.840. The van der Waals surface area contributed by atoms with E-state index >= 15 is 0 Å². The minimum absolute atomic E-state index is 0.235. The van der Waals surface area contributed by atoms with Gasteiger partial charge in [-0.05, 0) is 36.7 Å². The lowest BCUT2D eigenvalue weighted by Crippen LogP contribution is -2.16. The number of benzene rings is 1. The Labute approximate surface area is 111 Å². The lowest BCUT2D eigenvalue weighted by molar-refractivity contribution is 0.703. The molecule has 1 atom stereocenters. The van der Waals surface area contributed by atoms with Crippen LogP contribution in [0.1, 0.15) is 29.0 Å². The van der Waals surface area contributed by atoms with Gasteiger partial charge in [0.05, 0.1) is 10.4 Å². The zero-order valence-corrected chi connectivity index (χ0v) is 11.6. The molecule has 0 aliphatic heterocycles. The monoisotopic (exact) mass is 265 g/mol. The highest BCUT2D eigenvalue weighted by molar-refractivity contribution is 7.16. The van der Waals surface area contributed by atoms with Gasteiger partial charge in [-0.1, -0.05) is 42.8 Å². The van der Waals surface area contributed by atoms with Crippen molar-refractivity contribution in [2.75, 3.05) is 7.05 Å². The number of rotatable bonds is 4. The summed E-state index contributed by atoms with van der Waals surface area (Å²) in [4.78, 5) is 1.26. The Balaban J connectivity index is 2.34. The van der Waals surface area contributed by atoms with E-state index in [9.17, 15) is 0 Å². The van der Waals surface area contributed by atoms with Crippen molar-refractivity contribution < 1.29 is 0 Å². The summed E-state index contributed by atoms with van der Waals surface area (Å²) in [7, 11) is 1.98. The highest BCUT2D eigenvalue weighted by Crippen LogP contribution is 2.31. The van der Waals surface area contributed by atoms with Crippen molar-refractivity contribution in [1.29, 1.82) is 0 Å². The summed E-state index contributed by atoms with van der Waals surface area (Å²) in [5.74, 6) is 0. The van der Waals surface area contributed by atoms with Crippen LogP contribution in [-0.2, 0) is 6.42 Å². The van der Waals surface area contributed by atoms with Gasteiger partial charge in [0, 0.05) is 4.88 Å². The van der Waals surface area contributed by atoms with Gasteiger partial charge in [0.15, 0.2) is 0 Å². The molecule has 0 saturated heterocycles. The molecule has 2 rings (SSSR count). The second-order valence-corrected chi connectivity index (χ2v) is 5.71. The molecule has 0 saturated carbocycles. The molecule has 1 aromatic heterocycles. The highest BCUT2D eigenvalue weighted by Gasteiger charge is 2.14. The first kappa shape index (κ1) is 12.6. The fourth-order valence-electron chi connectivity index (χ4n) is 1.95. The normalized spacial score (nSPS) is 12.6. The maximum Gasteiger partial charge on any atom is 0.0931 e. The minimum atomic E-state index is 0.235. The van der Waals surface area contributed by atoms with E-state index in [1.54, 1.807) is 11.3 Å². The minimum Gasteiger partial charge on any atom is -0.309 e. The lowest BCUT2D eigenvalue weighted by Gasteiger charge is -2.15. The molecule has 1 nitrogen and oxygen atoms in total. The number of halogens is 1. The van der Waals surface area contributed by atoms with E-state index in [1.165, 1.54) is 16.0 Å². The predicted molar refractivity (Wildman–Crippen MR) is 76.1 cm³/mol. The van der Waals surface area contributed by atoms with Crippen LogP contribution in [0, 0.1) is 0 Å². The number of aryl methyl sites for hydroxylation is 1. The topological polar surface area (TPSA) is 12.0 Å². The van der Waals surface area contributed by atoms with Gasteiger partial charge in [-0.15, -0.1) is 11.3 Å². The molecular weight excluding hydrogens is 250 g/mol. The molecule has 0 fully saturated rings. The van der Waals surface area contributed by atoms with Crippen molar-refractivity contribution in [3.05, 3.63) is 56.7 Å². The van der Waals surface area contributed by atoms with Crippen LogP contribution in [0.3, 0.4) is 0 Å². The van der Waals surface area contributed by atoms with Crippen LogP contribution in [-0.4, -0.2) is 7.05 Å². The summed E-state index contributed by atoms with van der Waals surface area (Å²) in [6.45, 7) is 2.18. The molecule has 0 radical (unpaired) electrons. The first-order chi connectivity index (χ1) is 8.24. The maximum absolute atomic E-state index is 6.00. The van der Waals surface area contributed by atoms with Crippen LogP contribution in [0.4, 0.5) is 0 Å². The average molecular weight is 266 g/mol. The second kappa shape index (κ2) is 5.67. The van der Waals surface area contributed by atoms with Crippen LogP contribution < -0.4 is 5.32 Å². The summed E-state index contributed by atoms with van der Waals surface area (Å²) in [6, 6.07) is 13.0. The molecule has 0 amide bonds. The van der Waals surface area contributed by atoms with Crippen molar-refractivity contribution >= 4 is 22.9 Å². The van der Waals surface area contributed by atoms with Crippen molar-refractivity contribution in [3.63, 3.8) is 0 Å². The van der Waals surface area contributed by atoms with Gasteiger partial charge < -0.3 is 5.32 Å². The predicted octanol–water partition coefficient (Wildman–Crippen LogP) is 4.27. The van der Waals surface area contributed by atoms with Gasteiger partial charge in [-0.3, -0.25) is 0 Å². The lowest BCUT2D eigenvalue weighted by atomic mass is 10.0. The van der Waals surface area contributed by atoms with Crippen LogP contribution >= 0.6 is 22.9 Å². The fraction of sp³-hybridized carbons (Fsp3) is 0.286. The molecule has 0 aliphatic rings. The summed E-state index contributed by atoms with van der Waals surface area (Å²) in [5, 5.41) is 3.35. The summed E-state index contributed by atoms with van der Waals surface area (Å²) in [6.07, 6.45) is 1.06.